The normalized spacial score (nSPS) is 12.5. The van der Waals surface area contributed by atoms with Gasteiger partial charge in [-0.25, -0.2) is 9.59 Å². The van der Waals surface area contributed by atoms with Gasteiger partial charge in [0.05, 0.1) is 5.25 Å². The van der Waals surface area contributed by atoms with Crippen molar-refractivity contribution in [3.8, 4) is 11.5 Å². The summed E-state index contributed by atoms with van der Waals surface area (Å²) in [5.41, 5.74) is 0. The molecule has 0 aliphatic carbocycles. The molecule has 30 heavy (non-hydrogen) atoms. The fourth-order valence-electron chi connectivity index (χ4n) is 2.40. The van der Waals surface area contributed by atoms with Crippen LogP contribution in [-0.4, -0.2) is 54.8 Å². The molecule has 0 aromatic heterocycles. The molecule has 0 fully saturated rings. The zero-order valence-corrected chi connectivity index (χ0v) is 17.3. The molecule has 7 nitrogen and oxygen atoms in total. The van der Waals surface area contributed by atoms with E-state index in [9.17, 15) is 14.7 Å². The SMILES string of the molecule is C=CC(=O)OCC(O)COc1ccc2c(OCC(S)COC(=O)C=C)cccc2c1. The van der Waals surface area contributed by atoms with Crippen molar-refractivity contribution in [3.63, 3.8) is 0 Å². The van der Waals surface area contributed by atoms with Crippen molar-refractivity contribution >= 4 is 35.3 Å². The van der Waals surface area contributed by atoms with Crippen LogP contribution in [0.5, 0.6) is 11.5 Å². The molecule has 160 valence electrons. The van der Waals surface area contributed by atoms with E-state index in [0.29, 0.717) is 11.5 Å². The predicted molar refractivity (Wildman–Crippen MR) is 116 cm³/mol. The number of carbonyl (C=O) groups is 2. The van der Waals surface area contributed by atoms with Crippen molar-refractivity contribution in [3.05, 3.63) is 61.7 Å². The van der Waals surface area contributed by atoms with Crippen LogP contribution in [0.3, 0.4) is 0 Å². The standard InChI is InChI=1S/C22H24O7S/c1-3-21(24)28-12-16(23)11-26-17-8-9-19-15(10-17)6-5-7-20(19)27-13-18(30)14-29-22(25)4-2/h3-10,16,18,23,30H,1-2,11-14H2. The fraction of sp³-hybridized carbons (Fsp3) is 0.273. The maximum absolute atomic E-state index is 11.1. The Balaban J connectivity index is 1.93. The third kappa shape index (κ3) is 7.46. The maximum atomic E-state index is 11.1. The van der Waals surface area contributed by atoms with Gasteiger partial charge in [-0.2, -0.15) is 12.6 Å². The highest BCUT2D eigenvalue weighted by Gasteiger charge is 2.11. The van der Waals surface area contributed by atoms with Gasteiger partial charge in [0.25, 0.3) is 0 Å². The highest BCUT2D eigenvalue weighted by Crippen LogP contribution is 2.29. The first-order valence-electron chi connectivity index (χ1n) is 9.15. The minimum absolute atomic E-state index is 0.0309. The van der Waals surface area contributed by atoms with Gasteiger partial charge in [0.15, 0.2) is 0 Å². The molecular formula is C22H24O7S. The van der Waals surface area contributed by atoms with Crippen molar-refractivity contribution in [1.29, 1.82) is 0 Å². The van der Waals surface area contributed by atoms with Crippen LogP contribution in [-0.2, 0) is 19.1 Å². The Bertz CT molecular complexity index is 896. The molecule has 0 spiro atoms. The van der Waals surface area contributed by atoms with E-state index in [-0.39, 0.29) is 31.7 Å². The Labute approximate surface area is 180 Å². The highest BCUT2D eigenvalue weighted by atomic mass is 32.1. The largest absolute Gasteiger partial charge is 0.492 e. The Kier molecular flexibility index (Phi) is 9.24. The van der Waals surface area contributed by atoms with Crippen LogP contribution in [0.4, 0.5) is 0 Å². The van der Waals surface area contributed by atoms with E-state index in [1.165, 1.54) is 0 Å². The zero-order chi connectivity index (χ0) is 21.9. The predicted octanol–water partition coefficient (Wildman–Crippen LogP) is 2.72. The molecule has 2 atom stereocenters. The van der Waals surface area contributed by atoms with Gasteiger partial charge in [-0.3, -0.25) is 0 Å². The molecule has 8 heteroatoms. The molecule has 0 saturated heterocycles. The Morgan fingerprint density at radius 3 is 2.37 bits per heavy atom. The number of aliphatic hydroxyl groups excluding tert-OH is 1. The second kappa shape index (κ2) is 11.9. The molecule has 0 saturated carbocycles. The van der Waals surface area contributed by atoms with Gasteiger partial charge < -0.3 is 24.1 Å². The topological polar surface area (TPSA) is 91.3 Å². The summed E-state index contributed by atoms with van der Waals surface area (Å²) in [4.78, 5) is 22.1. The molecule has 0 aliphatic rings. The van der Waals surface area contributed by atoms with Crippen LogP contribution in [0.1, 0.15) is 0 Å². The molecule has 0 aliphatic heterocycles. The molecule has 2 aromatic rings. The fourth-order valence-corrected chi connectivity index (χ4v) is 2.55. The average Bonchev–Trinajstić information content (AvgIpc) is 2.77. The second-order valence-corrected chi connectivity index (χ2v) is 6.97. The monoisotopic (exact) mass is 432 g/mol. The third-order valence-electron chi connectivity index (χ3n) is 3.85. The number of fused-ring (bicyclic) bond motifs is 1. The number of hydrogen-bond donors (Lipinski definition) is 2. The van der Waals surface area contributed by atoms with Gasteiger partial charge in [-0.1, -0.05) is 25.3 Å². The van der Waals surface area contributed by atoms with Crippen molar-refractivity contribution in [1.82, 2.24) is 0 Å². The Hall–Kier alpha value is -2.97. The van der Waals surface area contributed by atoms with Crippen LogP contribution in [0, 0.1) is 0 Å². The minimum Gasteiger partial charge on any atom is -0.492 e. The summed E-state index contributed by atoms with van der Waals surface area (Å²) < 4.78 is 21.1. The quantitative estimate of drug-likeness (QED) is 0.303. The molecule has 0 heterocycles. The molecular weight excluding hydrogens is 408 g/mol. The average molecular weight is 432 g/mol. The van der Waals surface area contributed by atoms with Crippen molar-refractivity contribution in [2.24, 2.45) is 0 Å². The highest BCUT2D eigenvalue weighted by molar-refractivity contribution is 7.81. The van der Waals surface area contributed by atoms with Crippen LogP contribution in [0.25, 0.3) is 10.8 Å². The number of thiol groups is 1. The van der Waals surface area contributed by atoms with E-state index in [1.807, 2.05) is 30.3 Å². The summed E-state index contributed by atoms with van der Waals surface area (Å²) >= 11 is 4.35. The number of esters is 2. The molecule has 0 bridgehead atoms. The molecule has 0 radical (unpaired) electrons. The number of hydrogen-bond acceptors (Lipinski definition) is 8. The summed E-state index contributed by atoms with van der Waals surface area (Å²) in [6, 6.07) is 11.0. The summed E-state index contributed by atoms with van der Waals surface area (Å²) in [6.07, 6.45) is 1.17. The number of ether oxygens (including phenoxy) is 4. The van der Waals surface area contributed by atoms with E-state index in [0.717, 1.165) is 22.9 Å². The zero-order valence-electron chi connectivity index (χ0n) is 16.4. The lowest BCUT2D eigenvalue weighted by Gasteiger charge is -2.15. The number of carbonyl (C=O) groups excluding carboxylic acids is 2. The summed E-state index contributed by atoms with van der Waals surface area (Å²) in [5.74, 6) is 0.104. The maximum Gasteiger partial charge on any atom is 0.330 e. The van der Waals surface area contributed by atoms with Crippen LogP contribution in [0.15, 0.2) is 61.7 Å². The van der Waals surface area contributed by atoms with E-state index >= 15 is 0 Å². The minimum atomic E-state index is -0.957. The molecule has 0 amide bonds. The third-order valence-corrected chi connectivity index (χ3v) is 4.15. The summed E-state index contributed by atoms with van der Waals surface area (Å²) in [6.45, 7) is 6.78. The number of aliphatic hydroxyl groups is 1. The van der Waals surface area contributed by atoms with Gasteiger partial charge in [0.2, 0.25) is 0 Å². The molecule has 2 rings (SSSR count). The van der Waals surface area contributed by atoms with E-state index in [4.69, 9.17) is 18.9 Å². The van der Waals surface area contributed by atoms with Crippen molar-refractivity contribution in [2.45, 2.75) is 11.4 Å². The van der Waals surface area contributed by atoms with E-state index in [2.05, 4.69) is 25.8 Å². The number of benzene rings is 2. The lowest BCUT2D eigenvalue weighted by molar-refractivity contribution is -0.141. The summed E-state index contributed by atoms with van der Waals surface area (Å²) in [5, 5.41) is 11.3. The summed E-state index contributed by atoms with van der Waals surface area (Å²) in [7, 11) is 0. The van der Waals surface area contributed by atoms with E-state index < -0.39 is 18.0 Å². The van der Waals surface area contributed by atoms with Crippen LogP contribution >= 0.6 is 12.6 Å². The first-order valence-corrected chi connectivity index (χ1v) is 9.67. The van der Waals surface area contributed by atoms with Gasteiger partial charge in [0.1, 0.15) is 44.0 Å². The van der Waals surface area contributed by atoms with Crippen molar-refractivity contribution < 1.29 is 33.6 Å². The van der Waals surface area contributed by atoms with Gasteiger partial charge in [-0.05, 0) is 29.7 Å². The lowest BCUT2D eigenvalue weighted by atomic mass is 10.1. The first-order chi connectivity index (χ1) is 14.4. The van der Waals surface area contributed by atoms with Gasteiger partial charge in [-0.15, -0.1) is 0 Å². The van der Waals surface area contributed by atoms with Crippen LogP contribution < -0.4 is 9.47 Å². The second-order valence-electron chi connectivity index (χ2n) is 6.24. The van der Waals surface area contributed by atoms with Crippen molar-refractivity contribution in [2.75, 3.05) is 26.4 Å². The van der Waals surface area contributed by atoms with Crippen LogP contribution in [0.2, 0.25) is 0 Å². The Morgan fingerprint density at radius 2 is 1.67 bits per heavy atom. The Morgan fingerprint density at radius 1 is 0.967 bits per heavy atom. The van der Waals surface area contributed by atoms with Gasteiger partial charge in [0, 0.05) is 17.5 Å². The van der Waals surface area contributed by atoms with Gasteiger partial charge >= 0.3 is 11.9 Å². The lowest BCUT2D eigenvalue weighted by Crippen LogP contribution is -2.24. The molecule has 1 N–H and O–H groups in total. The first kappa shape index (κ1) is 23.3. The molecule has 2 unspecified atom stereocenters. The molecule has 2 aromatic carbocycles. The smallest absolute Gasteiger partial charge is 0.330 e. The number of rotatable bonds is 12. The van der Waals surface area contributed by atoms with E-state index in [1.54, 1.807) is 6.07 Å².